The van der Waals surface area contributed by atoms with E-state index in [1.807, 2.05) is 12.1 Å². The molecule has 1 aliphatic heterocycles. The lowest BCUT2D eigenvalue weighted by Gasteiger charge is -2.10. The number of alkyl halides is 3. The van der Waals surface area contributed by atoms with E-state index >= 15 is 0 Å². The predicted molar refractivity (Wildman–Crippen MR) is 69.1 cm³/mol. The largest absolute Gasteiger partial charge is 0.454 e. The van der Waals surface area contributed by atoms with E-state index in [1.54, 1.807) is 6.07 Å². The molecule has 0 amide bonds. The standard InChI is InChI=1S/C14H11F3N2O2/c15-14(16,17)12-5-4-10(7-19-12)18-6-9-2-1-3-11-13(9)21-8-20-11/h1-5,7,18H,6,8H2. The molecule has 1 aliphatic rings. The minimum Gasteiger partial charge on any atom is -0.454 e. The summed E-state index contributed by atoms with van der Waals surface area (Å²) in [5, 5.41) is 3.00. The zero-order chi connectivity index (χ0) is 14.9. The van der Waals surface area contributed by atoms with Crippen LogP contribution < -0.4 is 14.8 Å². The highest BCUT2D eigenvalue weighted by atomic mass is 19.4. The molecular weight excluding hydrogens is 285 g/mol. The van der Waals surface area contributed by atoms with E-state index in [-0.39, 0.29) is 6.79 Å². The predicted octanol–water partition coefficient (Wildman–Crippen LogP) is 3.44. The number of ether oxygens (including phenoxy) is 2. The minimum atomic E-state index is -4.43. The fourth-order valence-corrected chi connectivity index (χ4v) is 1.99. The highest BCUT2D eigenvalue weighted by Crippen LogP contribution is 2.35. The van der Waals surface area contributed by atoms with E-state index in [0.29, 0.717) is 23.7 Å². The van der Waals surface area contributed by atoms with Crippen LogP contribution in [-0.2, 0) is 12.7 Å². The van der Waals surface area contributed by atoms with Gasteiger partial charge in [-0.1, -0.05) is 12.1 Å². The lowest BCUT2D eigenvalue weighted by atomic mass is 10.2. The third-order valence-electron chi connectivity index (χ3n) is 3.02. The maximum Gasteiger partial charge on any atom is 0.433 e. The lowest BCUT2D eigenvalue weighted by molar-refractivity contribution is -0.141. The van der Waals surface area contributed by atoms with Crippen molar-refractivity contribution in [2.24, 2.45) is 0 Å². The molecule has 0 bridgehead atoms. The molecular formula is C14H11F3N2O2. The number of nitrogens with zero attached hydrogens (tertiary/aromatic N) is 1. The number of halogens is 3. The Bertz CT molecular complexity index is 642. The van der Waals surface area contributed by atoms with Crippen LogP contribution in [-0.4, -0.2) is 11.8 Å². The van der Waals surface area contributed by atoms with Gasteiger partial charge in [-0.25, -0.2) is 4.98 Å². The van der Waals surface area contributed by atoms with Crippen molar-refractivity contribution in [1.29, 1.82) is 0 Å². The Morgan fingerprint density at radius 1 is 1.14 bits per heavy atom. The van der Waals surface area contributed by atoms with Gasteiger partial charge in [-0.15, -0.1) is 0 Å². The summed E-state index contributed by atoms with van der Waals surface area (Å²) in [5.74, 6) is 1.32. The number of pyridine rings is 1. The molecule has 0 aliphatic carbocycles. The topological polar surface area (TPSA) is 43.4 Å². The maximum absolute atomic E-state index is 12.4. The quantitative estimate of drug-likeness (QED) is 0.942. The van der Waals surface area contributed by atoms with E-state index in [9.17, 15) is 13.2 Å². The molecule has 0 spiro atoms. The van der Waals surface area contributed by atoms with Crippen LogP contribution >= 0.6 is 0 Å². The highest BCUT2D eigenvalue weighted by Gasteiger charge is 2.32. The van der Waals surface area contributed by atoms with Crippen LogP contribution in [0.5, 0.6) is 11.5 Å². The van der Waals surface area contributed by atoms with Gasteiger partial charge in [0.05, 0.1) is 11.9 Å². The van der Waals surface area contributed by atoms with Crippen LogP contribution in [0.15, 0.2) is 36.5 Å². The first kappa shape index (κ1) is 13.5. The molecule has 0 saturated heterocycles. The van der Waals surface area contributed by atoms with Crippen LogP contribution in [0.1, 0.15) is 11.3 Å². The SMILES string of the molecule is FC(F)(F)c1ccc(NCc2cccc3c2OCO3)cn1. The van der Waals surface area contributed by atoms with Gasteiger partial charge in [-0.05, 0) is 18.2 Å². The Morgan fingerprint density at radius 3 is 2.71 bits per heavy atom. The van der Waals surface area contributed by atoms with Gasteiger partial charge in [-0.2, -0.15) is 13.2 Å². The number of benzene rings is 1. The summed E-state index contributed by atoms with van der Waals surface area (Å²) < 4.78 is 47.8. The van der Waals surface area contributed by atoms with E-state index < -0.39 is 11.9 Å². The molecule has 0 atom stereocenters. The van der Waals surface area contributed by atoms with Crippen molar-refractivity contribution in [1.82, 2.24) is 4.98 Å². The minimum absolute atomic E-state index is 0.175. The van der Waals surface area contributed by atoms with Gasteiger partial charge in [0.2, 0.25) is 6.79 Å². The van der Waals surface area contributed by atoms with Gasteiger partial charge >= 0.3 is 6.18 Å². The van der Waals surface area contributed by atoms with Crippen LogP contribution in [0, 0.1) is 0 Å². The van der Waals surface area contributed by atoms with Crippen molar-refractivity contribution < 1.29 is 22.6 Å². The number of anilines is 1. The van der Waals surface area contributed by atoms with Crippen molar-refractivity contribution in [3.63, 3.8) is 0 Å². The lowest BCUT2D eigenvalue weighted by Crippen LogP contribution is -2.08. The van der Waals surface area contributed by atoms with Crippen molar-refractivity contribution in [3.8, 4) is 11.5 Å². The molecule has 1 aromatic heterocycles. The van der Waals surface area contributed by atoms with Gasteiger partial charge in [0.1, 0.15) is 5.69 Å². The number of hydrogen-bond acceptors (Lipinski definition) is 4. The summed E-state index contributed by atoms with van der Waals surface area (Å²) in [7, 11) is 0. The Kier molecular flexibility index (Phi) is 3.32. The molecule has 4 nitrogen and oxygen atoms in total. The number of aromatic nitrogens is 1. The summed E-state index contributed by atoms with van der Waals surface area (Å²) in [6, 6.07) is 7.77. The first-order chi connectivity index (χ1) is 10.0. The first-order valence-electron chi connectivity index (χ1n) is 6.18. The Morgan fingerprint density at radius 2 is 2.00 bits per heavy atom. The summed E-state index contributed by atoms with van der Waals surface area (Å²) in [6.07, 6.45) is -3.27. The molecule has 2 aromatic rings. The van der Waals surface area contributed by atoms with Crippen molar-refractivity contribution in [2.75, 3.05) is 12.1 Å². The van der Waals surface area contributed by atoms with Crippen molar-refractivity contribution in [2.45, 2.75) is 12.7 Å². The zero-order valence-electron chi connectivity index (χ0n) is 10.8. The Labute approximate surface area is 118 Å². The number of hydrogen-bond donors (Lipinski definition) is 1. The maximum atomic E-state index is 12.4. The molecule has 0 saturated carbocycles. The molecule has 21 heavy (non-hydrogen) atoms. The second-order valence-electron chi connectivity index (χ2n) is 4.43. The van der Waals surface area contributed by atoms with Crippen LogP contribution in [0.25, 0.3) is 0 Å². The van der Waals surface area contributed by atoms with Crippen molar-refractivity contribution in [3.05, 3.63) is 47.8 Å². The summed E-state index contributed by atoms with van der Waals surface area (Å²) in [5.41, 5.74) is 0.454. The summed E-state index contributed by atoms with van der Waals surface area (Å²) in [6.45, 7) is 0.577. The molecule has 1 N–H and O–H groups in total. The normalized spacial score (nSPS) is 13.3. The average Bonchev–Trinajstić information content (AvgIpc) is 2.93. The van der Waals surface area contributed by atoms with Gasteiger partial charge < -0.3 is 14.8 Å². The first-order valence-corrected chi connectivity index (χ1v) is 6.18. The third-order valence-corrected chi connectivity index (χ3v) is 3.02. The second-order valence-corrected chi connectivity index (χ2v) is 4.43. The molecule has 3 rings (SSSR count). The molecule has 0 radical (unpaired) electrons. The number of fused-ring (bicyclic) bond motifs is 1. The molecule has 7 heteroatoms. The smallest absolute Gasteiger partial charge is 0.433 e. The van der Waals surface area contributed by atoms with Gasteiger partial charge in [-0.3, -0.25) is 0 Å². The monoisotopic (exact) mass is 296 g/mol. The van der Waals surface area contributed by atoms with E-state index in [2.05, 4.69) is 10.3 Å². The molecule has 110 valence electrons. The molecule has 2 heterocycles. The van der Waals surface area contributed by atoms with Gasteiger partial charge in [0.25, 0.3) is 0 Å². The average molecular weight is 296 g/mol. The fraction of sp³-hybridized carbons (Fsp3) is 0.214. The summed E-state index contributed by atoms with van der Waals surface area (Å²) >= 11 is 0. The number of para-hydroxylation sites is 1. The van der Waals surface area contributed by atoms with Gasteiger partial charge in [0, 0.05) is 12.1 Å². The number of nitrogens with one attached hydrogen (secondary N) is 1. The van der Waals surface area contributed by atoms with Crippen LogP contribution in [0.2, 0.25) is 0 Å². The van der Waals surface area contributed by atoms with Gasteiger partial charge in [0.15, 0.2) is 11.5 Å². The second kappa shape index (κ2) is 5.16. The highest BCUT2D eigenvalue weighted by molar-refractivity contribution is 5.50. The zero-order valence-corrected chi connectivity index (χ0v) is 10.8. The third kappa shape index (κ3) is 2.86. The molecule has 1 aromatic carbocycles. The van der Waals surface area contributed by atoms with Crippen LogP contribution in [0.3, 0.4) is 0 Å². The van der Waals surface area contributed by atoms with E-state index in [4.69, 9.17) is 9.47 Å². The Hall–Kier alpha value is -2.44. The molecule has 0 unspecified atom stereocenters. The van der Waals surface area contributed by atoms with Crippen LogP contribution in [0.4, 0.5) is 18.9 Å². The van der Waals surface area contributed by atoms with Crippen molar-refractivity contribution >= 4 is 5.69 Å². The fourth-order valence-electron chi connectivity index (χ4n) is 1.99. The number of rotatable bonds is 3. The Balaban J connectivity index is 1.70. The van der Waals surface area contributed by atoms with E-state index in [1.165, 1.54) is 6.07 Å². The summed E-state index contributed by atoms with van der Waals surface area (Å²) in [4.78, 5) is 3.39. The molecule has 0 fully saturated rings. The van der Waals surface area contributed by atoms with E-state index in [0.717, 1.165) is 17.8 Å².